The van der Waals surface area contributed by atoms with E-state index in [4.69, 9.17) is 4.74 Å². The zero-order chi connectivity index (χ0) is 13.9. The first-order chi connectivity index (χ1) is 9.74. The van der Waals surface area contributed by atoms with E-state index in [0.717, 1.165) is 19.6 Å². The average Bonchev–Trinajstić information content (AvgIpc) is 3.09. The van der Waals surface area contributed by atoms with E-state index in [9.17, 15) is 9.59 Å². The molecule has 5 nitrogen and oxygen atoms in total. The maximum Gasteiger partial charge on any atom is 0.229 e. The summed E-state index contributed by atoms with van der Waals surface area (Å²) >= 11 is 1.67. The fourth-order valence-electron chi connectivity index (χ4n) is 2.68. The number of likely N-dealkylation sites (tertiary alicyclic amines) is 1. The number of morpholine rings is 1. The molecule has 3 heterocycles. The molecule has 1 aromatic rings. The van der Waals surface area contributed by atoms with Gasteiger partial charge < -0.3 is 4.74 Å². The second-order valence-electron chi connectivity index (χ2n) is 5.16. The highest BCUT2D eigenvalue weighted by molar-refractivity contribution is 7.07. The van der Waals surface area contributed by atoms with E-state index in [0.29, 0.717) is 26.0 Å². The molecule has 6 heteroatoms. The van der Waals surface area contributed by atoms with Crippen LogP contribution in [0.25, 0.3) is 0 Å². The van der Waals surface area contributed by atoms with Crippen LogP contribution in [0.3, 0.4) is 0 Å². The van der Waals surface area contributed by atoms with Crippen molar-refractivity contribution in [1.29, 1.82) is 0 Å². The Hall–Kier alpha value is -1.24. The molecule has 0 saturated carbocycles. The number of imide groups is 1. The summed E-state index contributed by atoms with van der Waals surface area (Å²) < 4.78 is 5.78. The Labute approximate surface area is 122 Å². The van der Waals surface area contributed by atoms with E-state index in [1.807, 2.05) is 0 Å². The van der Waals surface area contributed by atoms with Crippen LogP contribution in [0.1, 0.15) is 24.5 Å². The van der Waals surface area contributed by atoms with Gasteiger partial charge in [-0.15, -0.1) is 0 Å². The van der Waals surface area contributed by atoms with Crippen LogP contribution >= 0.6 is 11.3 Å². The molecule has 20 heavy (non-hydrogen) atoms. The summed E-state index contributed by atoms with van der Waals surface area (Å²) in [6.45, 7) is 3.63. The number of hydrogen-bond acceptors (Lipinski definition) is 5. The van der Waals surface area contributed by atoms with Crippen LogP contribution in [0.2, 0.25) is 0 Å². The van der Waals surface area contributed by atoms with Gasteiger partial charge in [-0.25, -0.2) is 0 Å². The van der Waals surface area contributed by atoms with E-state index in [1.165, 1.54) is 10.5 Å². The number of hydrogen-bond donors (Lipinski definition) is 0. The lowest BCUT2D eigenvalue weighted by Crippen LogP contribution is -2.43. The second-order valence-corrected chi connectivity index (χ2v) is 5.94. The van der Waals surface area contributed by atoms with Gasteiger partial charge >= 0.3 is 0 Å². The first-order valence-corrected chi connectivity index (χ1v) is 7.87. The summed E-state index contributed by atoms with van der Waals surface area (Å²) in [6, 6.07) is 2.09. The zero-order valence-corrected chi connectivity index (χ0v) is 12.1. The summed E-state index contributed by atoms with van der Waals surface area (Å²) in [7, 11) is 0. The molecule has 2 fully saturated rings. The summed E-state index contributed by atoms with van der Waals surface area (Å²) in [6.07, 6.45) is 0.860. The lowest BCUT2D eigenvalue weighted by atomic mass is 10.1. The van der Waals surface area contributed by atoms with Crippen LogP contribution in [0, 0.1) is 0 Å². The molecule has 0 aliphatic carbocycles. The number of nitrogens with zero attached hydrogens (tertiary/aromatic N) is 2. The summed E-state index contributed by atoms with van der Waals surface area (Å²) in [5.74, 6) is -0.0599. The minimum atomic E-state index is -0.0300. The third-order valence-corrected chi connectivity index (χ3v) is 4.56. The lowest BCUT2D eigenvalue weighted by Gasteiger charge is -2.33. The van der Waals surface area contributed by atoms with Crippen LogP contribution < -0.4 is 0 Å². The van der Waals surface area contributed by atoms with Gasteiger partial charge in [-0.1, -0.05) is 0 Å². The third kappa shape index (κ3) is 2.92. The van der Waals surface area contributed by atoms with Crippen molar-refractivity contribution in [3.8, 4) is 0 Å². The van der Waals surface area contributed by atoms with Gasteiger partial charge in [-0.2, -0.15) is 11.3 Å². The standard InChI is InChI=1S/C14H18N2O3S/c17-13-1-2-14(18)16(13)5-4-15-6-7-19-12(9-15)11-3-8-20-10-11/h3,8,10,12H,1-2,4-7,9H2/t12-/m1/s1. The zero-order valence-electron chi connectivity index (χ0n) is 11.3. The summed E-state index contributed by atoms with van der Waals surface area (Å²) in [5.41, 5.74) is 1.22. The molecule has 0 unspecified atom stereocenters. The van der Waals surface area contributed by atoms with Gasteiger partial charge in [0.05, 0.1) is 12.7 Å². The van der Waals surface area contributed by atoms with Crippen LogP contribution in [-0.2, 0) is 14.3 Å². The Morgan fingerprint density at radius 3 is 2.75 bits per heavy atom. The van der Waals surface area contributed by atoms with Gasteiger partial charge in [0.15, 0.2) is 0 Å². The third-order valence-electron chi connectivity index (χ3n) is 3.86. The predicted molar refractivity (Wildman–Crippen MR) is 75.4 cm³/mol. The normalized spacial score (nSPS) is 24.6. The Balaban J connectivity index is 1.53. The molecular formula is C14H18N2O3S. The highest BCUT2D eigenvalue weighted by Crippen LogP contribution is 2.24. The number of ether oxygens (including phenoxy) is 1. The van der Waals surface area contributed by atoms with Crippen molar-refractivity contribution < 1.29 is 14.3 Å². The SMILES string of the molecule is O=C1CCC(=O)N1CCN1CCO[C@@H](c2ccsc2)C1. The number of carbonyl (C=O) groups excluding carboxylic acids is 2. The fourth-order valence-corrected chi connectivity index (χ4v) is 3.38. The highest BCUT2D eigenvalue weighted by Gasteiger charge is 2.29. The molecule has 0 N–H and O–H groups in total. The van der Waals surface area contributed by atoms with Gasteiger partial charge in [-0.3, -0.25) is 19.4 Å². The van der Waals surface area contributed by atoms with Crippen molar-refractivity contribution >= 4 is 23.2 Å². The van der Waals surface area contributed by atoms with E-state index in [-0.39, 0.29) is 17.9 Å². The summed E-state index contributed by atoms with van der Waals surface area (Å²) in [5, 5.41) is 4.17. The molecule has 1 atom stereocenters. The molecule has 2 aliphatic rings. The predicted octanol–water partition coefficient (Wildman–Crippen LogP) is 1.27. The van der Waals surface area contributed by atoms with Gasteiger partial charge in [-0.05, 0) is 22.4 Å². The molecule has 2 saturated heterocycles. The Morgan fingerprint density at radius 2 is 2.05 bits per heavy atom. The van der Waals surface area contributed by atoms with Gasteiger partial charge in [0.25, 0.3) is 0 Å². The molecule has 108 valence electrons. The number of carbonyl (C=O) groups is 2. The maximum atomic E-state index is 11.6. The molecule has 0 bridgehead atoms. The van der Waals surface area contributed by atoms with Crippen molar-refractivity contribution in [3.05, 3.63) is 22.4 Å². The average molecular weight is 294 g/mol. The largest absolute Gasteiger partial charge is 0.371 e. The van der Waals surface area contributed by atoms with E-state index in [2.05, 4.69) is 21.7 Å². The summed E-state index contributed by atoms with van der Waals surface area (Å²) in [4.78, 5) is 26.8. The van der Waals surface area contributed by atoms with Gasteiger partial charge in [0.1, 0.15) is 0 Å². The van der Waals surface area contributed by atoms with E-state index >= 15 is 0 Å². The molecule has 0 spiro atoms. The van der Waals surface area contributed by atoms with Gasteiger partial charge in [0, 0.05) is 39.0 Å². The molecule has 3 rings (SSSR count). The Kier molecular flexibility index (Phi) is 4.14. The van der Waals surface area contributed by atoms with Crippen LogP contribution in [-0.4, -0.2) is 54.4 Å². The van der Waals surface area contributed by atoms with Crippen molar-refractivity contribution in [2.24, 2.45) is 0 Å². The van der Waals surface area contributed by atoms with Crippen LogP contribution in [0.15, 0.2) is 16.8 Å². The maximum absolute atomic E-state index is 11.6. The molecule has 0 aromatic carbocycles. The topological polar surface area (TPSA) is 49.9 Å². The van der Waals surface area contributed by atoms with Crippen molar-refractivity contribution in [2.45, 2.75) is 18.9 Å². The first-order valence-electron chi connectivity index (χ1n) is 6.93. The molecular weight excluding hydrogens is 276 g/mol. The number of thiophene rings is 1. The number of rotatable bonds is 4. The van der Waals surface area contributed by atoms with Crippen LogP contribution in [0.4, 0.5) is 0 Å². The van der Waals surface area contributed by atoms with Crippen molar-refractivity contribution in [3.63, 3.8) is 0 Å². The Bertz CT molecular complexity index is 473. The molecule has 1 aromatic heterocycles. The second kappa shape index (κ2) is 6.03. The van der Waals surface area contributed by atoms with Crippen molar-refractivity contribution in [2.75, 3.05) is 32.8 Å². The highest BCUT2D eigenvalue weighted by atomic mass is 32.1. The van der Waals surface area contributed by atoms with Gasteiger partial charge in [0.2, 0.25) is 11.8 Å². The quantitative estimate of drug-likeness (QED) is 0.785. The van der Waals surface area contributed by atoms with E-state index < -0.39 is 0 Å². The minimum Gasteiger partial charge on any atom is -0.371 e. The minimum absolute atomic E-state index is 0.0300. The van der Waals surface area contributed by atoms with Crippen LogP contribution in [0.5, 0.6) is 0 Å². The van der Waals surface area contributed by atoms with Crippen molar-refractivity contribution in [1.82, 2.24) is 9.80 Å². The fraction of sp³-hybridized carbons (Fsp3) is 0.571. The monoisotopic (exact) mass is 294 g/mol. The lowest BCUT2D eigenvalue weighted by molar-refractivity contribution is -0.138. The van der Waals surface area contributed by atoms with E-state index in [1.54, 1.807) is 11.3 Å². The number of amides is 2. The molecule has 2 amide bonds. The molecule has 2 aliphatic heterocycles. The Morgan fingerprint density at radius 1 is 1.25 bits per heavy atom. The molecule has 0 radical (unpaired) electrons. The first kappa shape index (κ1) is 13.7. The smallest absolute Gasteiger partial charge is 0.229 e.